The average Bonchev–Trinajstić information content (AvgIpc) is 3.32. The molecule has 0 spiro atoms. The molecule has 3 rings (SSSR count). The second-order valence-electron chi connectivity index (χ2n) is 6.95. The maximum atomic E-state index is 12.3. The number of aliphatic hydroxyl groups is 1. The molecule has 0 aliphatic heterocycles. The van der Waals surface area contributed by atoms with Crippen LogP contribution in [0.5, 0.6) is 23.0 Å². The minimum Gasteiger partial charge on any atom is -0.496 e. The maximum Gasteiger partial charge on any atom is 0.203 e. The predicted octanol–water partition coefficient (Wildman–Crippen LogP) is 2.47. The molecule has 0 saturated heterocycles. The van der Waals surface area contributed by atoms with Crippen molar-refractivity contribution in [1.29, 1.82) is 0 Å². The fraction of sp³-hybridized carbons (Fsp3) is 0.304. The molecular weight excluding hydrogens is 416 g/mol. The van der Waals surface area contributed by atoms with Gasteiger partial charge in [0, 0.05) is 23.1 Å². The van der Waals surface area contributed by atoms with Gasteiger partial charge < -0.3 is 34.3 Å². The number of carbonyl (C=O) groups excluding carboxylic acids is 1. The molecular formula is C23H26N2O7. The van der Waals surface area contributed by atoms with E-state index in [0.717, 1.165) is 5.56 Å². The van der Waals surface area contributed by atoms with Crippen molar-refractivity contribution >= 4 is 5.78 Å². The lowest BCUT2D eigenvalue weighted by Gasteiger charge is -2.14. The summed E-state index contributed by atoms with van der Waals surface area (Å²) in [6.07, 6.45) is 1.54. The molecule has 0 radical (unpaired) electrons. The van der Waals surface area contributed by atoms with Gasteiger partial charge in [0.2, 0.25) is 5.75 Å². The van der Waals surface area contributed by atoms with E-state index in [-0.39, 0.29) is 12.2 Å². The zero-order chi connectivity index (χ0) is 23.3. The van der Waals surface area contributed by atoms with E-state index in [9.17, 15) is 9.90 Å². The zero-order valence-corrected chi connectivity index (χ0v) is 18.4. The number of ether oxygens (including phenoxy) is 4. The van der Waals surface area contributed by atoms with Gasteiger partial charge >= 0.3 is 0 Å². The molecule has 0 fully saturated rings. The Morgan fingerprint density at radius 2 is 1.66 bits per heavy atom. The summed E-state index contributed by atoms with van der Waals surface area (Å²) < 4.78 is 26.9. The Morgan fingerprint density at radius 3 is 2.22 bits per heavy atom. The summed E-state index contributed by atoms with van der Waals surface area (Å²) in [4.78, 5) is 12.3. The lowest BCUT2D eigenvalue weighted by Crippen LogP contribution is -2.35. The van der Waals surface area contributed by atoms with Gasteiger partial charge in [0.05, 0.1) is 41.1 Å². The molecule has 9 nitrogen and oxygen atoms in total. The smallest absolute Gasteiger partial charge is 0.203 e. The fourth-order valence-electron chi connectivity index (χ4n) is 3.37. The SMILES string of the molecule is COc1ccc(-c2conc2-c2cc(OC)c(OC)c(OC)c2)cc1CC(=O)C(N)CO. The summed E-state index contributed by atoms with van der Waals surface area (Å²) in [5.41, 5.74) is 9.01. The number of Topliss-reactive ketones (excluding diaryl/α,β-unsaturated/α-hetero) is 1. The number of carbonyl (C=O) groups is 1. The van der Waals surface area contributed by atoms with Crippen LogP contribution in [0.15, 0.2) is 41.1 Å². The van der Waals surface area contributed by atoms with Crippen molar-refractivity contribution in [2.45, 2.75) is 12.5 Å². The van der Waals surface area contributed by atoms with Crippen LogP contribution < -0.4 is 24.7 Å². The summed E-state index contributed by atoms with van der Waals surface area (Å²) in [6, 6.07) is 8.01. The molecule has 0 aliphatic rings. The molecule has 0 amide bonds. The molecule has 9 heteroatoms. The van der Waals surface area contributed by atoms with Gasteiger partial charge in [-0.2, -0.15) is 0 Å². The molecule has 1 heterocycles. The number of nitrogens with two attached hydrogens (primary N) is 1. The van der Waals surface area contributed by atoms with Crippen LogP contribution in [0.3, 0.4) is 0 Å². The number of aromatic nitrogens is 1. The van der Waals surface area contributed by atoms with Crippen LogP contribution >= 0.6 is 0 Å². The number of aliphatic hydroxyl groups excluding tert-OH is 1. The standard InChI is InChI=1S/C23H26N2O7/c1-28-19-6-5-13(7-14(19)8-18(27)17(24)11-26)16-12-32-25-22(16)15-9-20(29-2)23(31-4)21(10-15)30-3/h5-7,9-10,12,17,26H,8,11,24H2,1-4H3. The molecule has 170 valence electrons. The van der Waals surface area contributed by atoms with Crippen LogP contribution in [0.25, 0.3) is 22.4 Å². The summed E-state index contributed by atoms with van der Waals surface area (Å²) >= 11 is 0. The van der Waals surface area contributed by atoms with Crippen molar-refractivity contribution in [1.82, 2.24) is 5.16 Å². The second kappa shape index (κ2) is 10.2. The molecule has 0 saturated carbocycles. The third-order valence-corrected chi connectivity index (χ3v) is 5.07. The van der Waals surface area contributed by atoms with E-state index in [1.807, 2.05) is 12.1 Å². The summed E-state index contributed by atoms with van der Waals surface area (Å²) in [5, 5.41) is 13.3. The molecule has 2 aromatic carbocycles. The Labute approximate surface area is 185 Å². The summed E-state index contributed by atoms with van der Waals surface area (Å²) in [5.74, 6) is 1.68. The highest BCUT2D eigenvalue weighted by molar-refractivity contribution is 5.88. The Balaban J connectivity index is 2.07. The highest BCUT2D eigenvalue weighted by atomic mass is 16.5. The third kappa shape index (κ3) is 4.53. The van der Waals surface area contributed by atoms with Crippen LogP contribution in [-0.2, 0) is 11.2 Å². The van der Waals surface area contributed by atoms with Crippen molar-refractivity contribution < 1.29 is 33.4 Å². The lowest BCUT2D eigenvalue weighted by atomic mass is 9.96. The van der Waals surface area contributed by atoms with E-state index >= 15 is 0 Å². The van der Waals surface area contributed by atoms with E-state index in [1.165, 1.54) is 34.7 Å². The van der Waals surface area contributed by atoms with Crippen molar-refractivity contribution in [3.63, 3.8) is 0 Å². The van der Waals surface area contributed by atoms with Crippen LogP contribution in [-0.4, -0.2) is 57.1 Å². The molecule has 1 aromatic heterocycles. The normalized spacial score (nSPS) is 11.7. The number of methoxy groups -OCH3 is 4. The maximum absolute atomic E-state index is 12.3. The van der Waals surface area contributed by atoms with Crippen molar-refractivity contribution in [3.8, 4) is 45.4 Å². The van der Waals surface area contributed by atoms with Crippen molar-refractivity contribution in [2.24, 2.45) is 5.73 Å². The molecule has 1 atom stereocenters. The first kappa shape index (κ1) is 23.1. The van der Waals surface area contributed by atoms with E-state index in [4.69, 9.17) is 29.2 Å². The lowest BCUT2D eigenvalue weighted by molar-refractivity contribution is -0.120. The first-order valence-electron chi connectivity index (χ1n) is 9.78. The summed E-state index contributed by atoms with van der Waals surface area (Å²) in [6.45, 7) is -0.419. The second-order valence-corrected chi connectivity index (χ2v) is 6.95. The van der Waals surface area contributed by atoms with Gasteiger partial charge in [-0.3, -0.25) is 4.79 Å². The van der Waals surface area contributed by atoms with Crippen LogP contribution in [0, 0.1) is 0 Å². The predicted molar refractivity (Wildman–Crippen MR) is 117 cm³/mol. The van der Waals surface area contributed by atoms with E-state index in [2.05, 4.69) is 5.16 Å². The minimum atomic E-state index is -0.950. The molecule has 32 heavy (non-hydrogen) atoms. The Bertz CT molecular complexity index is 1070. The molecule has 0 bridgehead atoms. The van der Waals surface area contributed by atoms with Crippen molar-refractivity contribution in [3.05, 3.63) is 42.2 Å². The molecule has 0 aliphatic carbocycles. The number of hydrogen-bond acceptors (Lipinski definition) is 9. The van der Waals surface area contributed by atoms with Gasteiger partial charge in [-0.15, -0.1) is 0 Å². The van der Waals surface area contributed by atoms with Gasteiger partial charge in [-0.25, -0.2) is 0 Å². The van der Waals surface area contributed by atoms with Gasteiger partial charge in [0.1, 0.15) is 17.7 Å². The average molecular weight is 442 g/mol. The fourth-order valence-corrected chi connectivity index (χ4v) is 3.37. The summed E-state index contributed by atoms with van der Waals surface area (Å²) in [7, 11) is 6.13. The number of benzene rings is 2. The van der Waals surface area contributed by atoms with E-state index in [1.54, 1.807) is 18.2 Å². The first-order valence-corrected chi connectivity index (χ1v) is 9.78. The van der Waals surface area contributed by atoms with Crippen LogP contribution in [0.2, 0.25) is 0 Å². The number of ketones is 1. The molecule has 3 aromatic rings. The van der Waals surface area contributed by atoms with E-state index < -0.39 is 12.6 Å². The van der Waals surface area contributed by atoms with Crippen LogP contribution in [0.4, 0.5) is 0 Å². The Kier molecular flexibility index (Phi) is 7.34. The third-order valence-electron chi connectivity index (χ3n) is 5.07. The topological polar surface area (TPSA) is 126 Å². The van der Waals surface area contributed by atoms with Gasteiger partial charge in [0.25, 0.3) is 0 Å². The molecule has 1 unspecified atom stereocenters. The van der Waals surface area contributed by atoms with Gasteiger partial charge in [-0.1, -0.05) is 11.2 Å². The zero-order valence-electron chi connectivity index (χ0n) is 18.4. The number of nitrogens with zero attached hydrogens (tertiary/aromatic N) is 1. The van der Waals surface area contributed by atoms with Gasteiger partial charge in [-0.05, 0) is 29.8 Å². The Hall–Kier alpha value is -3.56. The van der Waals surface area contributed by atoms with Crippen molar-refractivity contribution in [2.75, 3.05) is 35.0 Å². The quantitative estimate of drug-likeness (QED) is 0.487. The number of rotatable bonds is 10. The monoisotopic (exact) mass is 442 g/mol. The largest absolute Gasteiger partial charge is 0.496 e. The number of hydrogen-bond donors (Lipinski definition) is 2. The first-order chi connectivity index (χ1) is 15.5. The highest BCUT2D eigenvalue weighted by Crippen LogP contribution is 2.43. The van der Waals surface area contributed by atoms with E-state index in [0.29, 0.717) is 45.4 Å². The van der Waals surface area contributed by atoms with Gasteiger partial charge in [0.15, 0.2) is 17.3 Å². The minimum absolute atomic E-state index is 0.0174. The molecule has 3 N–H and O–H groups in total. The highest BCUT2D eigenvalue weighted by Gasteiger charge is 2.21. The Morgan fingerprint density at radius 1 is 1.00 bits per heavy atom. The van der Waals surface area contributed by atoms with Crippen LogP contribution in [0.1, 0.15) is 5.56 Å².